The van der Waals surface area contributed by atoms with E-state index in [9.17, 15) is 22.8 Å². The summed E-state index contributed by atoms with van der Waals surface area (Å²) in [4.78, 5) is 29.7. The molecule has 1 aliphatic carbocycles. The van der Waals surface area contributed by atoms with Crippen LogP contribution in [0.4, 0.5) is 23.9 Å². The van der Waals surface area contributed by atoms with Crippen LogP contribution >= 0.6 is 11.3 Å². The number of carbonyl (C=O) groups is 2. The van der Waals surface area contributed by atoms with Gasteiger partial charge in [-0.25, -0.2) is 0 Å². The maximum Gasteiger partial charge on any atom is 0.416 e. The standard InChI is InChI=1S/C23H27F3N4O2S/c24-23(25,26)15-4-3-5-16(14-15)30-12-10-29(11-13-30)9-8-19(31)28-22-20(21(27)32)17-6-1-2-7-18(17)33-22/h3-5,14H,1-2,6-13H2,(H2,27,32)(H,28,31). The van der Waals surface area contributed by atoms with Crippen molar-refractivity contribution in [3.63, 3.8) is 0 Å². The van der Waals surface area contributed by atoms with Crippen molar-refractivity contribution in [2.75, 3.05) is 42.9 Å². The first kappa shape index (κ1) is 23.6. The molecule has 0 atom stereocenters. The molecule has 1 aliphatic heterocycles. The molecule has 0 spiro atoms. The Morgan fingerprint density at radius 2 is 1.82 bits per heavy atom. The minimum atomic E-state index is -4.36. The minimum absolute atomic E-state index is 0.170. The molecule has 1 fully saturated rings. The predicted octanol–water partition coefficient (Wildman–Crippen LogP) is 3.90. The van der Waals surface area contributed by atoms with Crippen LogP contribution in [0.15, 0.2) is 24.3 Å². The number of primary amides is 1. The Labute approximate surface area is 194 Å². The summed E-state index contributed by atoms with van der Waals surface area (Å²) in [6.07, 6.45) is -0.274. The van der Waals surface area contributed by atoms with Crippen molar-refractivity contribution < 1.29 is 22.8 Å². The number of amides is 2. The topological polar surface area (TPSA) is 78.7 Å². The molecule has 4 rings (SSSR count). The highest BCUT2D eigenvalue weighted by Gasteiger charge is 2.31. The molecule has 2 aliphatic rings. The zero-order valence-electron chi connectivity index (χ0n) is 18.2. The molecule has 2 amide bonds. The summed E-state index contributed by atoms with van der Waals surface area (Å²) in [5.74, 6) is -0.674. The Hall–Kier alpha value is -2.59. The third-order valence-corrected chi connectivity index (χ3v) is 7.44. The normalized spacial score (nSPS) is 17.0. The number of nitrogens with one attached hydrogen (secondary N) is 1. The molecule has 1 aromatic carbocycles. The molecule has 0 radical (unpaired) electrons. The fourth-order valence-electron chi connectivity index (χ4n) is 4.47. The van der Waals surface area contributed by atoms with E-state index >= 15 is 0 Å². The number of nitrogens with zero attached hydrogens (tertiary/aromatic N) is 2. The van der Waals surface area contributed by atoms with E-state index in [0.717, 1.165) is 42.2 Å². The zero-order valence-corrected chi connectivity index (χ0v) is 19.0. The molecule has 33 heavy (non-hydrogen) atoms. The van der Waals surface area contributed by atoms with Crippen molar-refractivity contribution in [2.45, 2.75) is 38.3 Å². The summed E-state index contributed by atoms with van der Waals surface area (Å²) >= 11 is 1.45. The van der Waals surface area contributed by atoms with E-state index in [0.29, 0.717) is 49.0 Å². The quantitative estimate of drug-likeness (QED) is 0.658. The summed E-state index contributed by atoms with van der Waals surface area (Å²) in [6.45, 7) is 3.03. The smallest absolute Gasteiger partial charge is 0.369 e. The van der Waals surface area contributed by atoms with E-state index in [-0.39, 0.29) is 12.3 Å². The highest BCUT2D eigenvalue weighted by molar-refractivity contribution is 7.17. The average Bonchev–Trinajstić information content (AvgIpc) is 3.15. The Morgan fingerprint density at radius 3 is 2.52 bits per heavy atom. The van der Waals surface area contributed by atoms with Crippen LogP contribution in [0.2, 0.25) is 0 Å². The number of aryl methyl sites for hydroxylation is 1. The first-order chi connectivity index (χ1) is 15.7. The number of piperazine rings is 1. The fourth-order valence-corrected chi connectivity index (χ4v) is 5.78. The molecule has 2 heterocycles. The van der Waals surface area contributed by atoms with Crippen molar-refractivity contribution in [1.29, 1.82) is 0 Å². The van der Waals surface area contributed by atoms with Gasteiger partial charge in [0, 0.05) is 49.7 Å². The summed E-state index contributed by atoms with van der Waals surface area (Å²) in [6, 6.07) is 5.37. The summed E-state index contributed by atoms with van der Waals surface area (Å²) in [5.41, 5.74) is 6.94. The predicted molar refractivity (Wildman–Crippen MR) is 123 cm³/mol. The molecule has 10 heteroatoms. The zero-order chi connectivity index (χ0) is 23.6. The second-order valence-electron chi connectivity index (χ2n) is 8.45. The van der Waals surface area contributed by atoms with Crippen molar-refractivity contribution in [1.82, 2.24) is 4.90 Å². The number of carbonyl (C=O) groups excluding carboxylic acids is 2. The van der Waals surface area contributed by atoms with Gasteiger partial charge in [-0.3, -0.25) is 14.5 Å². The number of halogens is 3. The highest BCUT2D eigenvalue weighted by Crippen LogP contribution is 2.38. The third-order valence-electron chi connectivity index (χ3n) is 6.24. The lowest BCUT2D eigenvalue weighted by molar-refractivity contribution is -0.137. The summed E-state index contributed by atoms with van der Waals surface area (Å²) in [7, 11) is 0. The molecule has 0 unspecified atom stereocenters. The third kappa shape index (κ3) is 5.50. The molecule has 178 valence electrons. The molecule has 0 saturated carbocycles. The van der Waals surface area contributed by atoms with Gasteiger partial charge in [-0.2, -0.15) is 13.2 Å². The van der Waals surface area contributed by atoms with Gasteiger partial charge in [-0.15, -0.1) is 11.3 Å². The van der Waals surface area contributed by atoms with Gasteiger partial charge in [0.1, 0.15) is 5.00 Å². The summed E-state index contributed by atoms with van der Waals surface area (Å²) < 4.78 is 38.9. The van der Waals surface area contributed by atoms with Crippen molar-refractivity contribution in [3.8, 4) is 0 Å². The Bertz CT molecular complexity index is 1030. The molecule has 3 N–H and O–H groups in total. The van der Waals surface area contributed by atoms with Gasteiger partial charge in [-0.1, -0.05) is 6.07 Å². The van der Waals surface area contributed by atoms with Crippen LogP contribution < -0.4 is 16.0 Å². The van der Waals surface area contributed by atoms with Crippen LogP contribution in [0.25, 0.3) is 0 Å². The van der Waals surface area contributed by atoms with E-state index in [2.05, 4.69) is 10.2 Å². The number of alkyl halides is 3. The molecule has 6 nitrogen and oxygen atoms in total. The van der Waals surface area contributed by atoms with Crippen molar-refractivity contribution >= 4 is 33.8 Å². The van der Waals surface area contributed by atoms with Crippen molar-refractivity contribution in [3.05, 3.63) is 45.8 Å². The molecule has 0 bridgehead atoms. The number of fused-ring (bicyclic) bond motifs is 1. The van der Waals surface area contributed by atoms with Gasteiger partial charge in [-0.05, 0) is 49.4 Å². The number of thiophene rings is 1. The Morgan fingerprint density at radius 1 is 1.09 bits per heavy atom. The van der Waals surface area contributed by atoms with Crippen LogP contribution in [0.3, 0.4) is 0 Å². The van der Waals surface area contributed by atoms with Crippen molar-refractivity contribution in [2.24, 2.45) is 5.73 Å². The second-order valence-corrected chi connectivity index (χ2v) is 9.56. The van der Waals surface area contributed by atoms with Gasteiger partial charge in [0.25, 0.3) is 5.91 Å². The van der Waals surface area contributed by atoms with E-state index < -0.39 is 17.6 Å². The van der Waals surface area contributed by atoms with Crippen LogP contribution in [0.1, 0.15) is 45.6 Å². The minimum Gasteiger partial charge on any atom is -0.369 e. The molecular weight excluding hydrogens is 453 g/mol. The fraction of sp³-hybridized carbons (Fsp3) is 0.478. The van der Waals surface area contributed by atoms with E-state index in [1.54, 1.807) is 6.07 Å². The number of hydrogen-bond donors (Lipinski definition) is 2. The van der Waals surface area contributed by atoms with Gasteiger partial charge < -0.3 is 16.0 Å². The Kier molecular flexibility index (Phi) is 6.94. The summed E-state index contributed by atoms with van der Waals surface area (Å²) in [5, 5.41) is 3.43. The average molecular weight is 481 g/mol. The first-order valence-corrected chi connectivity index (χ1v) is 11.9. The van der Waals surface area contributed by atoms with Crippen LogP contribution in [0, 0.1) is 0 Å². The van der Waals surface area contributed by atoms with E-state index in [1.165, 1.54) is 23.5 Å². The first-order valence-electron chi connectivity index (χ1n) is 11.1. The van der Waals surface area contributed by atoms with E-state index in [1.807, 2.05) is 4.90 Å². The Balaban J connectivity index is 1.29. The maximum atomic E-state index is 13.0. The highest BCUT2D eigenvalue weighted by atomic mass is 32.1. The van der Waals surface area contributed by atoms with E-state index in [4.69, 9.17) is 5.73 Å². The monoisotopic (exact) mass is 480 g/mol. The van der Waals surface area contributed by atoms with Crippen LogP contribution in [-0.4, -0.2) is 49.4 Å². The number of hydrogen-bond acceptors (Lipinski definition) is 5. The molecule has 1 aromatic heterocycles. The lowest BCUT2D eigenvalue weighted by Crippen LogP contribution is -2.47. The second kappa shape index (κ2) is 9.72. The molecule has 2 aromatic rings. The number of anilines is 2. The largest absolute Gasteiger partial charge is 0.416 e. The molecular formula is C23H27F3N4O2S. The number of rotatable bonds is 6. The van der Waals surface area contributed by atoms with Gasteiger partial charge in [0.2, 0.25) is 5.91 Å². The maximum absolute atomic E-state index is 13.0. The van der Waals surface area contributed by atoms with Crippen LogP contribution in [-0.2, 0) is 23.8 Å². The lowest BCUT2D eigenvalue weighted by atomic mass is 9.95. The molecule has 1 saturated heterocycles. The van der Waals surface area contributed by atoms with Gasteiger partial charge in [0.15, 0.2) is 0 Å². The lowest BCUT2D eigenvalue weighted by Gasteiger charge is -2.36. The number of benzene rings is 1. The van der Waals surface area contributed by atoms with Crippen LogP contribution in [0.5, 0.6) is 0 Å². The number of nitrogens with two attached hydrogens (primary N) is 1. The SMILES string of the molecule is NC(=O)c1c(NC(=O)CCN2CCN(c3cccc(C(F)(F)F)c3)CC2)sc2c1CCCC2. The van der Waals surface area contributed by atoms with Gasteiger partial charge in [0.05, 0.1) is 11.1 Å². The van der Waals surface area contributed by atoms with Gasteiger partial charge >= 0.3 is 6.18 Å².